The molecule has 26 heavy (non-hydrogen) atoms. The molecule has 146 valence electrons. The van der Waals surface area contributed by atoms with E-state index < -0.39 is 0 Å². The summed E-state index contributed by atoms with van der Waals surface area (Å²) in [6, 6.07) is 7.61. The minimum Gasteiger partial charge on any atom is -0.343 e. The number of nitrogens with one attached hydrogen (secondary N) is 2. The number of piperidine rings is 1. The lowest BCUT2D eigenvalue weighted by atomic mass is 9.93. The van der Waals surface area contributed by atoms with Gasteiger partial charge < -0.3 is 15.5 Å². The smallest absolute Gasteiger partial charge is 0.226 e. The van der Waals surface area contributed by atoms with Crippen molar-refractivity contribution < 1.29 is 9.59 Å². The summed E-state index contributed by atoms with van der Waals surface area (Å²) in [6.07, 6.45) is 4.29. The van der Waals surface area contributed by atoms with Crippen molar-refractivity contribution in [3.05, 3.63) is 29.8 Å². The van der Waals surface area contributed by atoms with Crippen LogP contribution >= 0.6 is 12.4 Å². The summed E-state index contributed by atoms with van der Waals surface area (Å²) in [5, 5.41) is 6.30. The summed E-state index contributed by atoms with van der Waals surface area (Å²) < 4.78 is 0. The van der Waals surface area contributed by atoms with Gasteiger partial charge >= 0.3 is 0 Å². The minimum atomic E-state index is 0. The number of benzene rings is 1. The average Bonchev–Trinajstić information content (AvgIpc) is 2.63. The Morgan fingerprint density at radius 3 is 2.31 bits per heavy atom. The van der Waals surface area contributed by atoms with Crippen LogP contribution in [0.25, 0.3) is 0 Å². The molecule has 0 unspecified atom stereocenters. The van der Waals surface area contributed by atoms with Crippen LogP contribution in [0.4, 0.5) is 5.69 Å². The Morgan fingerprint density at radius 2 is 1.73 bits per heavy atom. The van der Waals surface area contributed by atoms with E-state index in [-0.39, 0.29) is 24.2 Å². The van der Waals surface area contributed by atoms with E-state index in [1.165, 1.54) is 12.8 Å². The van der Waals surface area contributed by atoms with Crippen molar-refractivity contribution in [1.82, 2.24) is 10.2 Å². The molecule has 1 heterocycles. The largest absolute Gasteiger partial charge is 0.343 e. The van der Waals surface area contributed by atoms with E-state index >= 15 is 0 Å². The summed E-state index contributed by atoms with van der Waals surface area (Å²) in [6.45, 7) is 7.59. The number of amides is 2. The van der Waals surface area contributed by atoms with E-state index in [0.29, 0.717) is 18.8 Å². The molecule has 0 saturated carbocycles. The maximum atomic E-state index is 12.1. The van der Waals surface area contributed by atoms with Crippen LogP contribution in [0.1, 0.15) is 45.1 Å². The lowest BCUT2D eigenvalue weighted by molar-refractivity contribution is -0.130. The molecule has 0 bridgehead atoms. The minimum absolute atomic E-state index is 0. The number of hydrogen-bond acceptors (Lipinski definition) is 3. The quantitative estimate of drug-likeness (QED) is 0.726. The maximum Gasteiger partial charge on any atom is 0.226 e. The molecule has 1 aromatic rings. The van der Waals surface area contributed by atoms with Crippen LogP contribution in [-0.2, 0) is 16.0 Å². The molecule has 1 aliphatic rings. The first kappa shape index (κ1) is 22.5. The maximum absolute atomic E-state index is 12.1. The standard InChI is InChI=1S/C20H31N3O2.ClH/c1-3-23(4-2)20(25)15-17-5-8-18(9-6-17)22-19(24)10-7-16-11-13-21-14-12-16;/h5-6,8-9,16,21H,3-4,7,10-15H2,1-2H3,(H,22,24);1H. The summed E-state index contributed by atoms with van der Waals surface area (Å²) >= 11 is 0. The van der Waals surface area contributed by atoms with Crippen LogP contribution in [0.15, 0.2) is 24.3 Å². The van der Waals surface area contributed by atoms with Crippen LogP contribution < -0.4 is 10.6 Å². The first-order valence-corrected chi connectivity index (χ1v) is 9.49. The van der Waals surface area contributed by atoms with Crippen LogP contribution in [0.2, 0.25) is 0 Å². The molecule has 1 fully saturated rings. The summed E-state index contributed by atoms with van der Waals surface area (Å²) in [7, 11) is 0. The number of anilines is 1. The Bertz CT molecular complexity index is 553. The van der Waals surface area contributed by atoms with Crippen LogP contribution in [0.3, 0.4) is 0 Å². The molecule has 0 spiro atoms. The summed E-state index contributed by atoms with van der Waals surface area (Å²) in [4.78, 5) is 26.1. The molecule has 1 aliphatic heterocycles. The van der Waals surface area contributed by atoms with Gasteiger partial charge in [-0.25, -0.2) is 0 Å². The zero-order chi connectivity index (χ0) is 18.1. The SMILES string of the molecule is CCN(CC)C(=O)Cc1ccc(NC(=O)CCC2CCNCC2)cc1.Cl. The number of carbonyl (C=O) groups is 2. The predicted octanol–water partition coefficient (Wildman–Crippen LogP) is 3.24. The molecule has 2 rings (SSSR count). The Morgan fingerprint density at radius 1 is 1.12 bits per heavy atom. The lowest BCUT2D eigenvalue weighted by Gasteiger charge is -2.22. The molecule has 0 aromatic heterocycles. The van der Waals surface area contributed by atoms with Crippen molar-refractivity contribution in [3.63, 3.8) is 0 Å². The van der Waals surface area contributed by atoms with Gasteiger partial charge in [0.1, 0.15) is 0 Å². The number of halogens is 1. The third-order valence-electron chi connectivity index (χ3n) is 4.95. The summed E-state index contributed by atoms with van der Waals surface area (Å²) in [5.74, 6) is 0.884. The molecule has 1 saturated heterocycles. The van der Waals surface area contributed by atoms with Gasteiger partial charge in [0.15, 0.2) is 0 Å². The topological polar surface area (TPSA) is 61.4 Å². The Labute approximate surface area is 163 Å². The molecule has 2 N–H and O–H groups in total. The van der Waals surface area contributed by atoms with Crippen molar-refractivity contribution >= 4 is 29.9 Å². The highest BCUT2D eigenvalue weighted by Crippen LogP contribution is 2.18. The highest BCUT2D eigenvalue weighted by atomic mass is 35.5. The number of likely N-dealkylation sites (N-methyl/N-ethyl adjacent to an activating group) is 1. The summed E-state index contributed by atoms with van der Waals surface area (Å²) in [5.41, 5.74) is 1.78. The molecule has 0 radical (unpaired) electrons. The van der Waals surface area contributed by atoms with Crippen LogP contribution in [0.5, 0.6) is 0 Å². The normalized spacial score (nSPS) is 14.4. The number of carbonyl (C=O) groups excluding carboxylic acids is 2. The van der Waals surface area contributed by atoms with Crippen molar-refractivity contribution in [2.75, 3.05) is 31.5 Å². The van der Waals surface area contributed by atoms with Gasteiger partial charge in [-0.3, -0.25) is 9.59 Å². The van der Waals surface area contributed by atoms with E-state index in [1.54, 1.807) is 0 Å². The number of nitrogens with zero attached hydrogens (tertiary/aromatic N) is 1. The van der Waals surface area contributed by atoms with Crippen LogP contribution in [0, 0.1) is 5.92 Å². The molecule has 1 aromatic carbocycles. The second kappa shape index (κ2) is 11.9. The van der Waals surface area contributed by atoms with Gasteiger partial charge in [-0.2, -0.15) is 0 Å². The molecular formula is C20H32ClN3O2. The second-order valence-electron chi connectivity index (χ2n) is 6.72. The van der Waals surface area contributed by atoms with Gasteiger partial charge in [-0.1, -0.05) is 12.1 Å². The fourth-order valence-corrected chi connectivity index (χ4v) is 3.30. The van der Waals surface area contributed by atoms with Crippen LogP contribution in [-0.4, -0.2) is 42.9 Å². The van der Waals surface area contributed by atoms with E-state index in [9.17, 15) is 9.59 Å². The molecule has 2 amide bonds. The highest BCUT2D eigenvalue weighted by molar-refractivity contribution is 5.90. The first-order chi connectivity index (χ1) is 12.1. The first-order valence-electron chi connectivity index (χ1n) is 9.49. The molecule has 5 nitrogen and oxygen atoms in total. The van der Waals surface area contributed by atoms with Crippen molar-refractivity contribution in [1.29, 1.82) is 0 Å². The molecular weight excluding hydrogens is 350 g/mol. The lowest BCUT2D eigenvalue weighted by Crippen LogP contribution is -2.31. The van der Waals surface area contributed by atoms with Gasteiger partial charge in [0.2, 0.25) is 11.8 Å². The monoisotopic (exact) mass is 381 g/mol. The average molecular weight is 382 g/mol. The zero-order valence-electron chi connectivity index (χ0n) is 15.9. The predicted molar refractivity (Wildman–Crippen MR) is 109 cm³/mol. The Hall–Kier alpha value is -1.59. The molecule has 0 atom stereocenters. The van der Waals surface area contributed by atoms with Crippen molar-refractivity contribution in [3.8, 4) is 0 Å². The number of rotatable bonds is 8. The molecule has 0 aliphatic carbocycles. The fourth-order valence-electron chi connectivity index (χ4n) is 3.30. The van der Waals surface area contributed by atoms with E-state index in [1.807, 2.05) is 43.0 Å². The van der Waals surface area contributed by atoms with Gasteiger partial charge in [-0.05, 0) is 69.8 Å². The van der Waals surface area contributed by atoms with E-state index in [0.717, 1.165) is 43.9 Å². The Balaban J connectivity index is 0.00000338. The van der Waals surface area contributed by atoms with Gasteiger partial charge in [0.25, 0.3) is 0 Å². The van der Waals surface area contributed by atoms with Gasteiger partial charge in [-0.15, -0.1) is 12.4 Å². The molecule has 6 heteroatoms. The number of hydrogen-bond donors (Lipinski definition) is 2. The van der Waals surface area contributed by atoms with Gasteiger partial charge in [0, 0.05) is 25.2 Å². The van der Waals surface area contributed by atoms with E-state index in [2.05, 4.69) is 10.6 Å². The third-order valence-corrected chi connectivity index (χ3v) is 4.95. The highest BCUT2D eigenvalue weighted by Gasteiger charge is 2.15. The van der Waals surface area contributed by atoms with Gasteiger partial charge in [0.05, 0.1) is 6.42 Å². The van der Waals surface area contributed by atoms with Crippen molar-refractivity contribution in [2.45, 2.75) is 46.0 Å². The zero-order valence-corrected chi connectivity index (χ0v) is 16.7. The van der Waals surface area contributed by atoms with E-state index in [4.69, 9.17) is 0 Å². The second-order valence-corrected chi connectivity index (χ2v) is 6.72. The Kier molecular flexibility index (Phi) is 10.3. The fraction of sp³-hybridized carbons (Fsp3) is 0.600. The third kappa shape index (κ3) is 7.34. The van der Waals surface area contributed by atoms with Crippen molar-refractivity contribution in [2.24, 2.45) is 5.92 Å².